The van der Waals surface area contributed by atoms with Crippen LogP contribution < -0.4 is 0 Å². The third kappa shape index (κ3) is 21.7. The van der Waals surface area contributed by atoms with Crippen molar-refractivity contribution in [3.05, 3.63) is 12.3 Å². The molecule has 0 aromatic carbocycles. The maximum Gasteiger partial charge on any atom is 0.310 e. The lowest BCUT2D eigenvalue weighted by Gasteiger charge is -2.38. The van der Waals surface area contributed by atoms with Gasteiger partial charge >= 0.3 is 5.97 Å². The minimum absolute atomic E-state index is 0.177. The summed E-state index contributed by atoms with van der Waals surface area (Å²) in [5.74, 6) is -1.79. The van der Waals surface area contributed by atoms with E-state index in [0.29, 0.717) is 33.0 Å². The van der Waals surface area contributed by atoms with E-state index in [9.17, 15) is 0 Å². The average molecular weight is 649 g/mol. The largest absolute Gasteiger partial charge is 0.502 e. The first-order valence-electron chi connectivity index (χ1n) is 18.3. The molecule has 0 saturated heterocycles. The van der Waals surface area contributed by atoms with Crippen LogP contribution in [0.25, 0.3) is 0 Å². The van der Waals surface area contributed by atoms with E-state index in [0.717, 1.165) is 32.1 Å². The van der Waals surface area contributed by atoms with Crippen molar-refractivity contribution in [1.29, 1.82) is 0 Å². The number of unbranched alkanes of at least 4 members (excludes halogenated alkanes) is 10. The van der Waals surface area contributed by atoms with Crippen LogP contribution >= 0.6 is 0 Å². The molecule has 45 heavy (non-hydrogen) atoms. The highest BCUT2D eigenvalue weighted by molar-refractivity contribution is 4.74. The Balaban J connectivity index is 0. The van der Waals surface area contributed by atoms with Crippen molar-refractivity contribution in [2.75, 3.05) is 54.4 Å². The van der Waals surface area contributed by atoms with E-state index >= 15 is 0 Å². The summed E-state index contributed by atoms with van der Waals surface area (Å²) in [5, 5.41) is 0. The van der Waals surface area contributed by atoms with Gasteiger partial charge in [0.1, 0.15) is 6.10 Å². The monoisotopic (exact) mass is 649 g/mol. The van der Waals surface area contributed by atoms with Crippen LogP contribution in [0.15, 0.2) is 12.3 Å². The molecule has 0 rings (SSSR count). The quantitative estimate of drug-likeness (QED) is 0.0405. The highest BCUT2D eigenvalue weighted by Crippen LogP contribution is 2.32. The topological polar surface area (TPSA) is 73.8 Å². The maximum absolute atomic E-state index is 5.92. The second-order valence-electron chi connectivity index (χ2n) is 11.4. The van der Waals surface area contributed by atoms with E-state index in [1.807, 2.05) is 40.7 Å². The van der Waals surface area contributed by atoms with Crippen molar-refractivity contribution in [1.82, 2.24) is 0 Å². The first-order chi connectivity index (χ1) is 21.9. The van der Waals surface area contributed by atoms with Crippen molar-refractivity contribution in [3.8, 4) is 0 Å². The Kier molecular flexibility index (Phi) is 34.2. The molecule has 0 heterocycles. The maximum atomic E-state index is 5.92. The van der Waals surface area contributed by atoms with Gasteiger partial charge in [0.2, 0.25) is 0 Å². The highest BCUT2D eigenvalue weighted by Gasteiger charge is 2.43. The summed E-state index contributed by atoms with van der Waals surface area (Å²) < 4.78 is 45.6. The van der Waals surface area contributed by atoms with Gasteiger partial charge in [0.25, 0.3) is 5.97 Å². The predicted molar refractivity (Wildman–Crippen MR) is 186 cm³/mol. The Bertz CT molecular complexity index is 586. The molecule has 0 aliphatic rings. The Hall–Kier alpha value is -0.740. The molecule has 0 saturated carbocycles. The molecule has 8 heteroatoms. The Morgan fingerprint density at radius 3 is 1.38 bits per heavy atom. The van der Waals surface area contributed by atoms with E-state index in [1.165, 1.54) is 70.6 Å². The van der Waals surface area contributed by atoms with Gasteiger partial charge in [-0.15, -0.1) is 0 Å². The number of hydrogen-bond acceptors (Lipinski definition) is 8. The van der Waals surface area contributed by atoms with Gasteiger partial charge < -0.3 is 37.9 Å². The van der Waals surface area contributed by atoms with Crippen molar-refractivity contribution in [2.24, 2.45) is 5.92 Å². The van der Waals surface area contributed by atoms with E-state index < -0.39 is 11.9 Å². The molecule has 0 N–H and O–H groups in total. The van der Waals surface area contributed by atoms with Gasteiger partial charge in [0.15, 0.2) is 0 Å². The summed E-state index contributed by atoms with van der Waals surface area (Å²) in [6.45, 7) is 17.3. The lowest BCUT2D eigenvalue weighted by atomic mass is 9.93. The average Bonchev–Trinajstić information content (AvgIpc) is 3.05. The minimum atomic E-state index is -1.06. The fourth-order valence-corrected chi connectivity index (χ4v) is 5.68. The molecule has 0 aromatic rings. The molecule has 2 unspecified atom stereocenters. The van der Waals surface area contributed by atoms with Gasteiger partial charge in [0, 0.05) is 53.7 Å². The van der Waals surface area contributed by atoms with Gasteiger partial charge in [-0.2, -0.15) is 0 Å². The second-order valence-corrected chi connectivity index (χ2v) is 11.4. The molecule has 0 aliphatic heterocycles. The molecule has 0 aliphatic carbocycles. The molecule has 2 atom stereocenters. The number of allylic oxidation sites excluding steroid dienone is 1. The number of methoxy groups -OCH3 is 3. The van der Waals surface area contributed by atoms with Crippen LogP contribution in [0.2, 0.25) is 0 Å². The molecule has 0 radical (unpaired) electrons. The summed E-state index contributed by atoms with van der Waals surface area (Å²) >= 11 is 0. The van der Waals surface area contributed by atoms with Crippen LogP contribution in [0.4, 0.5) is 0 Å². The summed E-state index contributed by atoms with van der Waals surface area (Å²) in [5.41, 5.74) is 0. The Morgan fingerprint density at radius 1 is 0.511 bits per heavy atom. The number of rotatable bonds is 32. The van der Waals surface area contributed by atoms with Gasteiger partial charge in [-0.25, -0.2) is 0 Å². The zero-order valence-electron chi connectivity index (χ0n) is 31.4. The highest BCUT2D eigenvalue weighted by atomic mass is 16.9. The first-order valence-corrected chi connectivity index (χ1v) is 18.3. The minimum Gasteiger partial charge on any atom is -0.502 e. The molecular formula is C37H76O8. The van der Waals surface area contributed by atoms with Gasteiger partial charge in [-0.3, -0.25) is 0 Å². The van der Waals surface area contributed by atoms with E-state index in [1.54, 1.807) is 27.6 Å². The van der Waals surface area contributed by atoms with Crippen LogP contribution in [-0.2, 0) is 37.9 Å². The summed E-state index contributed by atoms with van der Waals surface area (Å²) in [6.07, 6.45) is 22.6. The lowest BCUT2D eigenvalue weighted by molar-refractivity contribution is -0.415. The van der Waals surface area contributed by atoms with Gasteiger partial charge in [-0.05, 0) is 60.3 Å². The van der Waals surface area contributed by atoms with E-state index in [4.69, 9.17) is 37.9 Å². The van der Waals surface area contributed by atoms with Crippen LogP contribution in [0, 0.1) is 5.92 Å². The third-order valence-corrected chi connectivity index (χ3v) is 7.93. The van der Waals surface area contributed by atoms with Crippen LogP contribution in [0.5, 0.6) is 0 Å². The van der Waals surface area contributed by atoms with Crippen molar-refractivity contribution in [3.63, 3.8) is 0 Å². The zero-order valence-corrected chi connectivity index (χ0v) is 31.4. The summed E-state index contributed by atoms with van der Waals surface area (Å²) in [6, 6.07) is 0. The van der Waals surface area contributed by atoms with E-state index in [-0.39, 0.29) is 12.0 Å². The molecule has 8 nitrogen and oxygen atoms in total. The Labute approximate surface area is 279 Å². The molecule has 0 aromatic heterocycles. The van der Waals surface area contributed by atoms with E-state index in [2.05, 4.69) is 13.8 Å². The van der Waals surface area contributed by atoms with Crippen LogP contribution in [0.3, 0.4) is 0 Å². The smallest absolute Gasteiger partial charge is 0.310 e. The summed E-state index contributed by atoms with van der Waals surface area (Å²) in [7, 11) is 4.95. The zero-order chi connectivity index (χ0) is 34.1. The van der Waals surface area contributed by atoms with Crippen LogP contribution in [-0.4, -0.2) is 72.4 Å². The molecule has 0 spiro atoms. The molecule has 0 bridgehead atoms. The molecule has 0 amide bonds. The normalized spacial score (nSPS) is 13.6. The first kappa shape index (κ1) is 46.4. The Morgan fingerprint density at radius 2 is 0.956 bits per heavy atom. The van der Waals surface area contributed by atoms with Gasteiger partial charge in [-0.1, -0.05) is 97.0 Å². The third-order valence-electron chi connectivity index (χ3n) is 7.93. The second kappa shape index (κ2) is 33.2. The standard InChI is InChI=1S/C19H38O4.C18H38O4/c1-6-8-9-10-11-12-14-18(15-13-17-23-16-7-2)19(20-3,21-4)22-5;1-6-11-12-13-14-15-16-17(19-7-2)18(20-8-3,21-9-4)22-10-5/h7,16,18H,6,8-15,17H2,1-5H3;17H,6-16H2,1-5H3. The number of hydrogen-bond donors (Lipinski definition) is 0. The SMILES string of the molecule is CC=COCCCC(CCCCCCCC)C(OC)(OC)OC.CCCCCCCCC(OCC)C(OCC)(OCC)OCC. The molecule has 272 valence electrons. The lowest BCUT2D eigenvalue weighted by Crippen LogP contribution is -2.51. The molecule has 0 fully saturated rings. The fraction of sp³-hybridized carbons (Fsp3) is 0.946. The van der Waals surface area contributed by atoms with Crippen molar-refractivity contribution < 1.29 is 37.9 Å². The summed E-state index contributed by atoms with van der Waals surface area (Å²) in [4.78, 5) is 0. The molecular weight excluding hydrogens is 572 g/mol. The predicted octanol–water partition coefficient (Wildman–Crippen LogP) is 10.2. The fourth-order valence-electron chi connectivity index (χ4n) is 5.68. The number of ether oxygens (including phenoxy) is 8. The van der Waals surface area contributed by atoms with Crippen molar-refractivity contribution in [2.45, 2.75) is 169 Å². The van der Waals surface area contributed by atoms with Gasteiger partial charge in [0.05, 0.1) is 12.9 Å². The van der Waals surface area contributed by atoms with Crippen molar-refractivity contribution >= 4 is 0 Å². The van der Waals surface area contributed by atoms with Crippen LogP contribution in [0.1, 0.15) is 151 Å².